The monoisotopic (exact) mass is 375 g/mol. The molecule has 1 atom stereocenters. The number of hydrogen-bond donors (Lipinski definition) is 0. The summed E-state index contributed by atoms with van der Waals surface area (Å²) in [6, 6.07) is 3.17. The quantitative estimate of drug-likeness (QED) is 0.486. The zero-order valence-corrected chi connectivity index (χ0v) is 12.9. The molecule has 0 amide bonds. The summed E-state index contributed by atoms with van der Waals surface area (Å²) in [7, 11) is 0. The maximum absolute atomic E-state index is 13.2. The first kappa shape index (κ1) is 18.0. The van der Waals surface area contributed by atoms with Crippen LogP contribution in [-0.4, -0.2) is 17.1 Å². The van der Waals surface area contributed by atoms with Crippen LogP contribution in [0.2, 0.25) is 5.02 Å². The van der Waals surface area contributed by atoms with Gasteiger partial charge in [0.05, 0.1) is 5.02 Å². The van der Waals surface area contributed by atoms with Crippen LogP contribution >= 0.6 is 23.4 Å². The number of halogens is 7. The van der Waals surface area contributed by atoms with E-state index in [0.29, 0.717) is 11.6 Å². The summed E-state index contributed by atoms with van der Waals surface area (Å²) in [5, 5.41) is 3.31. The van der Waals surface area contributed by atoms with Crippen molar-refractivity contribution in [2.75, 3.05) is 0 Å². The molecule has 0 spiro atoms. The number of aryl methyl sites for hydroxylation is 1. The Morgan fingerprint density at radius 2 is 1.83 bits per heavy atom. The van der Waals surface area contributed by atoms with Gasteiger partial charge in [-0.05, 0) is 24.6 Å². The molecule has 1 heterocycles. The normalized spacial score (nSPS) is 13.6. The van der Waals surface area contributed by atoms with E-state index in [1.807, 2.05) is 0 Å². The third-order valence-electron chi connectivity index (χ3n) is 2.77. The van der Waals surface area contributed by atoms with Crippen LogP contribution in [0, 0.1) is 6.92 Å². The Morgan fingerprint density at radius 1 is 1.17 bits per heavy atom. The van der Waals surface area contributed by atoms with Crippen LogP contribution in [0.25, 0.3) is 11.3 Å². The fourth-order valence-electron chi connectivity index (χ4n) is 1.68. The third kappa shape index (κ3) is 4.14. The molecule has 10 heteroatoms. The summed E-state index contributed by atoms with van der Waals surface area (Å²) >= 11 is 6.20. The summed E-state index contributed by atoms with van der Waals surface area (Å²) in [5.74, 6) is -1.32. The average molecular weight is 376 g/mol. The predicted molar refractivity (Wildman–Crippen MR) is 73.4 cm³/mol. The van der Waals surface area contributed by atoms with Gasteiger partial charge in [0.2, 0.25) is 11.3 Å². The van der Waals surface area contributed by atoms with Gasteiger partial charge in [-0.3, -0.25) is 0 Å². The molecular weight excluding hydrogens is 368 g/mol. The lowest BCUT2D eigenvalue weighted by atomic mass is 10.1. The van der Waals surface area contributed by atoms with Crippen molar-refractivity contribution in [3.63, 3.8) is 0 Å². The first-order chi connectivity index (χ1) is 10.6. The largest absolute Gasteiger partial charge is 0.452 e. The molecule has 0 saturated carbocycles. The lowest BCUT2D eigenvalue weighted by Crippen LogP contribution is -2.06. The molecule has 0 radical (unpaired) electrons. The van der Waals surface area contributed by atoms with Crippen molar-refractivity contribution < 1.29 is 30.9 Å². The molecule has 2 rings (SSSR count). The third-order valence-corrected chi connectivity index (χ3v) is 4.21. The molecule has 23 heavy (non-hydrogen) atoms. The predicted octanol–water partition coefficient (Wildman–Crippen LogP) is 5.98. The zero-order chi connectivity index (χ0) is 17.4. The Hall–Kier alpha value is -1.35. The Kier molecular flexibility index (Phi) is 5.20. The second-order valence-electron chi connectivity index (χ2n) is 4.48. The van der Waals surface area contributed by atoms with Crippen molar-refractivity contribution in [2.24, 2.45) is 0 Å². The van der Waals surface area contributed by atoms with Gasteiger partial charge in [0.1, 0.15) is 5.69 Å². The van der Waals surface area contributed by atoms with E-state index in [1.165, 1.54) is 19.1 Å². The van der Waals surface area contributed by atoms with Crippen LogP contribution in [0.4, 0.5) is 26.3 Å². The van der Waals surface area contributed by atoms with Gasteiger partial charge in [-0.15, -0.1) is 0 Å². The molecule has 0 N–H and O–H groups in total. The number of hydrogen-bond acceptors (Lipinski definition) is 3. The number of alkyl halides is 6. The zero-order valence-electron chi connectivity index (χ0n) is 11.3. The molecule has 0 fully saturated rings. The second-order valence-corrected chi connectivity index (χ2v) is 6.01. The van der Waals surface area contributed by atoms with E-state index in [2.05, 4.69) is 9.68 Å². The Balaban J connectivity index is 2.41. The summed E-state index contributed by atoms with van der Waals surface area (Å²) in [5.41, 5.74) is -2.26. The minimum Gasteiger partial charge on any atom is -0.351 e. The van der Waals surface area contributed by atoms with E-state index in [4.69, 9.17) is 11.6 Å². The highest BCUT2D eigenvalue weighted by molar-refractivity contribution is 7.99. The molecule has 2 aromatic rings. The van der Waals surface area contributed by atoms with E-state index in [0.717, 1.165) is 0 Å². The van der Waals surface area contributed by atoms with Gasteiger partial charge in [0.15, 0.2) is 0 Å². The molecule has 0 saturated heterocycles. The van der Waals surface area contributed by atoms with Crippen molar-refractivity contribution in [2.45, 2.75) is 29.9 Å². The van der Waals surface area contributed by atoms with Gasteiger partial charge in [-0.25, -0.2) is 13.2 Å². The molecule has 0 aliphatic carbocycles. The lowest BCUT2D eigenvalue weighted by Gasteiger charge is -2.11. The van der Waals surface area contributed by atoms with E-state index in [1.54, 1.807) is 0 Å². The minimum atomic E-state index is -4.72. The second kappa shape index (κ2) is 6.64. The number of benzene rings is 1. The van der Waals surface area contributed by atoms with Crippen molar-refractivity contribution in [1.82, 2.24) is 5.16 Å². The summed E-state index contributed by atoms with van der Waals surface area (Å²) in [4.78, 5) is 0.119. The Morgan fingerprint density at radius 3 is 2.35 bits per heavy atom. The topological polar surface area (TPSA) is 26.0 Å². The molecule has 1 unspecified atom stereocenters. The molecule has 0 aliphatic rings. The lowest BCUT2D eigenvalue weighted by molar-refractivity contribution is -0.155. The van der Waals surface area contributed by atoms with Crippen LogP contribution in [0.3, 0.4) is 0 Å². The number of rotatable bonds is 4. The fraction of sp³-hybridized carbons (Fsp3) is 0.308. The minimum absolute atomic E-state index is 0.0282. The highest BCUT2D eigenvalue weighted by atomic mass is 35.5. The molecular formula is C13H8ClF6NOS. The summed E-state index contributed by atoms with van der Waals surface area (Å²) in [6.45, 7) is 1.51. The van der Waals surface area contributed by atoms with Gasteiger partial charge >= 0.3 is 6.18 Å². The first-order valence-electron chi connectivity index (χ1n) is 6.03. The van der Waals surface area contributed by atoms with Gasteiger partial charge in [-0.1, -0.05) is 28.5 Å². The Bertz CT molecular complexity index is 702. The molecule has 0 bridgehead atoms. The maximum Gasteiger partial charge on any atom is 0.452 e. The average Bonchev–Trinajstić information content (AvgIpc) is 2.91. The van der Waals surface area contributed by atoms with Crippen molar-refractivity contribution in [1.29, 1.82) is 0 Å². The first-order valence-corrected chi connectivity index (χ1v) is 7.28. The molecule has 1 aromatic heterocycles. The highest BCUT2D eigenvalue weighted by Crippen LogP contribution is 2.39. The van der Waals surface area contributed by atoms with Gasteiger partial charge in [-0.2, -0.15) is 13.2 Å². The molecule has 1 aromatic carbocycles. The summed E-state index contributed by atoms with van der Waals surface area (Å²) in [6.07, 6.45) is -7.91. The van der Waals surface area contributed by atoms with Crippen LogP contribution < -0.4 is 0 Å². The van der Waals surface area contributed by atoms with E-state index < -0.39 is 23.9 Å². The van der Waals surface area contributed by atoms with Gasteiger partial charge in [0, 0.05) is 16.5 Å². The number of thioether (sulfide) groups is 1. The van der Waals surface area contributed by atoms with E-state index in [-0.39, 0.29) is 32.9 Å². The molecule has 126 valence electrons. The number of nitrogens with zero attached hydrogens (tertiary/aromatic N) is 1. The smallest absolute Gasteiger partial charge is 0.351 e. The van der Waals surface area contributed by atoms with Crippen molar-refractivity contribution >= 4 is 23.4 Å². The van der Waals surface area contributed by atoms with Gasteiger partial charge < -0.3 is 4.52 Å². The van der Waals surface area contributed by atoms with Crippen LogP contribution in [0.15, 0.2) is 27.6 Å². The molecule has 0 aliphatic heterocycles. The van der Waals surface area contributed by atoms with Crippen LogP contribution in [0.5, 0.6) is 0 Å². The van der Waals surface area contributed by atoms with E-state index >= 15 is 0 Å². The van der Waals surface area contributed by atoms with Crippen LogP contribution in [0.1, 0.15) is 11.3 Å². The maximum atomic E-state index is 13.2. The van der Waals surface area contributed by atoms with Gasteiger partial charge in [0.25, 0.3) is 6.43 Å². The van der Waals surface area contributed by atoms with Crippen molar-refractivity contribution in [3.05, 3.63) is 34.5 Å². The SMILES string of the molecule is Cc1cc(Cl)c(-c2cc(C(F)(F)F)on2)cc1SC(F)C(F)F. The highest BCUT2D eigenvalue weighted by Gasteiger charge is 2.36. The fourth-order valence-corrected chi connectivity index (χ4v) is 2.78. The van der Waals surface area contributed by atoms with Crippen molar-refractivity contribution in [3.8, 4) is 11.3 Å². The van der Waals surface area contributed by atoms with E-state index in [9.17, 15) is 26.3 Å². The summed E-state index contributed by atoms with van der Waals surface area (Å²) < 4.78 is 79.5. The Labute approximate surface area is 135 Å². The molecule has 2 nitrogen and oxygen atoms in total. The standard InChI is InChI=1S/C13H8ClF6NOS/c1-5-2-7(14)6(3-9(5)23-12(17)11(15)16)8-4-10(22-21-8)13(18,19)20/h2-4,11-12H,1H3. The number of aromatic nitrogens is 1. The van der Waals surface area contributed by atoms with Crippen LogP contribution in [-0.2, 0) is 6.18 Å².